The summed E-state index contributed by atoms with van der Waals surface area (Å²) in [6.45, 7) is 0. The summed E-state index contributed by atoms with van der Waals surface area (Å²) in [4.78, 5) is 0. The van der Waals surface area contributed by atoms with Crippen LogP contribution in [0.25, 0.3) is 72.2 Å². The van der Waals surface area contributed by atoms with Crippen LogP contribution in [0.3, 0.4) is 0 Å². The van der Waals surface area contributed by atoms with Crippen LogP contribution >= 0.6 is 0 Å². The highest BCUT2D eigenvalue weighted by molar-refractivity contribution is 6.15. The molecule has 2 aromatic heterocycles. The monoisotopic (exact) mass is 526 g/mol. The van der Waals surface area contributed by atoms with Crippen molar-refractivity contribution in [2.24, 2.45) is 0 Å². The molecule has 194 valence electrons. The van der Waals surface area contributed by atoms with Crippen molar-refractivity contribution in [3.05, 3.63) is 151 Å². The zero-order valence-electron chi connectivity index (χ0n) is 22.4. The Labute approximate surface area is 237 Å². The maximum Gasteiger partial charge on any atom is 0.136 e. The summed E-state index contributed by atoms with van der Waals surface area (Å²) in [6, 6.07) is 46.7. The molecule has 2 heteroatoms. The first-order chi connectivity index (χ1) is 20.3. The molecular weight excluding hydrogens is 500 g/mol. The van der Waals surface area contributed by atoms with Crippen LogP contribution in [-0.4, -0.2) is 0 Å². The van der Waals surface area contributed by atoms with Crippen molar-refractivity contribution in [3.8, 4) is 22.3 Å². The van der Waals surface area contributed by atoms with Gasteiger partial charge < -0.3 is 8.83 Å². The van der Waals surface area contributed by atoms with Gasteiger partial charge in [0, 0.05) is 21.5 Å². The van der Waals surface area contributed by atoms with Crippen molar-refractivity contribution in [2.45, 2.75) is 6.42 Å². The van der Waals surface area contributed by atoms with Gasteiger partial charge in [-0.2, -0.15) is 0 Å². The Hall–Kier alpha value is -5.34. The third-order valence-corrected chi connectivity index (χ3v) is 7.90. The molecule has 0 fully saturated rings. The van der Waals surface area contributed by atoms with Gasteiger partial charge >= 0.3 is 0 Å². The normalized spacial score (nSPS) is 11.9. The molecule has 0 bridgehead atoms. The molecule has 0 aliphatic rings. The summed E-state index contributed by atoms with van der Waals surface area (Å²) in [5, 5.41) is 4.33. The fourth-order valence-electron chi connectivity index (χ4n) is 5.80. The van der Waals surface area contributed by atoms with Gasteiger partial charge in [0.15, 0.2) is 0 Å². The van der Waals surface area contributed by atoms with E-state index in [9.17, 15) is 0 Å². The average Bonchev–Trinajstić information content (AvgIpc) is 3.57. The lowest BCUT2D eigenvalue weighted by atomic mass is 10.0. The van der Waals surface area contributed by atoms with E-state index >= 15 is 0 Å². The minimum Gasteiger partial charge on any atom is -0.456 e. The summed E-state index contributed by atoms with van der Waals surface area (Å²) in [5.74, 6) is 0. The first-order valence-electron chi connectivity index (χ1n) is 14.0. The van der Waals surface area contributed by atoms with Gasteiger partial charge in [0.2, 0.25) is 0 Å². The Balaban J connectivity index is 1.14. The van der Waals surface area contributed by atoms with Crippen LogP contribution in [0.2, 0.25) is 0 Å². The summed E-state index contributed by atoms with van der Waals surface area (Å²) in [5.41, 5.74) is 10.6. The maximum atomic E-state index is 6.42. The number of furan rings is 2. The molecule has 0 saturated heterocycles. The second-order valence-electron chi connectivity index (χ2n) is 10.6. The number of hydrogen-bond acceptors (Lipinski definition) is 2. The van der Waals surface area contributed by atoms with Gasteiger partial charge in [0.1, 0.15) is 22.3 Å². The van der Waals surface area contributed by atoms with Crippen molar-refractivity contribution in [2.75, 3.05) is 0 Å². The van der Waals surface area contributed by atoms with Gasteiger partial charge in [0.05, 0.1) is 0 Å². The van der Waals surface area contributed by atoms with Crippen molar-refractivity contribution in [1.29, 1.82) is 0 Å². The lowest BCUT2D eigenvalue weighted by molar-refractivity contribution is 0.664. The van der Waals surface area contributed by atoms with Crippen LogP contribution < -0.4 is 0 Å². The van der Waals surface area contributed by atoms with Crippen LogP contribution in [0.4, 0.5) is 0 Å². The van der Waals surface area contributed by atoms with Crippen LogP contribution in [-0.2, 0) is 6.42 Å². The molecule has 41 heavy (non-hydrogen) atoms. The fourth-order valence-corrected chi connectivity index (χ4v) is 5.80. The van der Waals surface area contributed by atoms with E-state index in [-0.39, 0.29) is 0 Å². The smallest absolute Gasteiger partial charge is 0.136 e. The Bertz CT molecular complexity index is 2210. The predicted octanol–water partition coefficient (Wildman–Crippen LogP) is 11.1. The Morgan fingerprint density at radius 1 is 0.415 bits per heavy atom. The molecule has 0 aliphatic heterocycles. The van der Waals surface area contributed by atoms with Crippen LogP contribution in [0, 0.1) is 0 Å². The Morgan fingerprint density at radius 3 is 1.61 bits per heavy atom. The summed E-state index contributed by atoms with van der Waals surface area (Å²) in [6.07, 6.45) is 5.33. The van der Waals surface area contributed by atoms with E-state index in [1.807, 2.05) is 6.07 Å². The SMILES string of the molecule is C(=C\c1cccc(-c2ccc3c(c2)oc2cc4c(cc23)oc2cc(-c3ccccc3)ccc24)c1)/Cc1ccccc1. The standard InChI is InChI=1S/C39H26O2/c1-3-9-26(10-4-1)11-7-12-27-13-8-16-29(21-27)31-18-20-33-35-25-38-34(24-39(35)41-37(33)23-31)32-19-17-30(22-36(32)40-38)28-14-5-2-6-15-28/h1-10,12-25H,11H2/b12-7+. The van der Waals surface area contributed by atoms with E-state index in [0.29, 0.717) is 0 Å². The van der Waals surface area contributed by atoms with Crippen molar-refractivity contribution < 1.29 is 8.83 Å². The lowest BCUT2D eigenvalue weighted by Gasteiger charge is -2.03. The predicted molar refractivity (Wildman–Crippen MR) is 171 cm³/mol. The second kappa shape index (κ2) is 9.69. The maximum absolute atomic E-state index is 6.42. The number of hydrogen-bond donors (Lipinski definition) is 0. The number of benzene rings is 6. The van der Waals surface area contributed by atoms with E-state index in [1.165, 1.54) is 22.3 Å². The second-order valence-corrected chi connectivity index (χ2v) is 10.6. The summed E-state index contributed by atoms with van der Waals surface area (Å²) < 4.78 is 12.8. The summed E-state index contributed by atoms with van der Waals surface area (Å²) >= 11 is 0. The first kappa shape index (κ1) is 23.5. The van der Waals surface area contributed by atoms with Crippen LogP contribution in [0.1, 0.15) is 11.1 Å². The molecule has 0 aliphatic carbocycles. The lowest BCUT2D eigenvalue weighted by Crippen LogP contribution is -1.81. The number of fused-ring (bicyclic) bond motifs is 6. The highest BCUT2D eigenvalue weighted by Crippen LogP contribution is 2.39. The highest BCUT2D eigenvalue weighted by Gasteiger charge is 2.15. The molecule has 8 aromatic rings. The third kappa shape index (κ3) is 4.31. The molecule has 8 rings (SSSR count). The van der Waals surface area contributed by atoms with Gasteiger partial charge in [-0.25, -0.2) is 0 Å². The number of rotatable bonds is 5. The third-order valence-electron chi connectivity index (χ3n) is 7.90. The van der Waals surface area contributed by atoms with E-state index in [0.717, 1.165) is 61.4 Å². The topological polar surface area (TPSA) is 26.3 Å². The van der Waals surface area contributed by atoms with Gasteiger partial charge in [-0.3, -0.25) is 0 Å². The largest absolute Gasteiger partial charge is 0.456 e. The van der Waals surface area contributed by atoms with Gasteiger partial charge in [-0.05, 0) is 82.3 Å². The zero-order chi connectivity index (χ0) is 27.2. The zero-order valence-corrected chi connectivity index (χ0v) is 22.4. The van der Waals surface area contributed by atoms with Gasteiger partial charge in [-0.15, -0.1) is 0 Å². The molecule has 2 nitrogen and oxygen atoms in total. The molecule has 0 spiro atoms. The Morgan fingerprint density at radius 2 is 0.951 bits per heavy atom. The van der Waals surface area contributed by atoms with Crippen LogP contribution in [0.5, 0.6) is 0 Å². The van der Waals surface area contributed by atoms with Crippen molar-refractivity contribution in [3.63, 3.8) is 0 Å². The number of allylic oxidation sites excluding steroid dienone is 1. The molecule has 2 heterocycles. The Kier molecular flexibility index (Phi) is 5.56. The van der Waals surface area contributed by atoms with E-state index < -0.39 is 0 Å². The molecular formula is C39H26O2. The fraction of sp³-hybridized carbons (Fsp3) is 0.0256. The van der Waals surface area contributed by atoms with Gasteiger partial charge in [-0.1, -0.05) is 103 Å². The quantitative estimate of drug-likeness (QED) is 0.223. The molecule has 0 atom stereocenters. The van der Waals surface area contributed by atoms with Crippen molar-refractivity contribution in [1.82, 2.24) is 0 Å². The molecule has 0 N–H and O–H groups in total. The molecule has 0 radical (unpaired) electrons. The van der Waals surface area contributed by atoms with E-state index in [4.69, 9.17) is 8.83 Å². The van der Waals surface area contributed by atoms with Crippen LogP contribution in [0.15, 0.2) is 148 Å². The molecule has 0 saturated carbocycles. The molecule has 0 unspecified atom stereocenters. The summed E-state index contributed by atoms with van der Waals surface area (Å²) in [7, 11) is 0. The average molecular weight is 527 g/mol. The highest BCUT2D eigenvalue weighted by atomic mass is 16.3. The van der Waals surface area contributed by atoms with Gasteiger partial charge in [0.25, 0.3) is 0 Å². The molecule has 0 amide bonds. The minimum atomic E-state index is 0.872. The first-order valence-corrected chi connectivity index (χ1v) is 14.0. The van der Waals surface area contributed by atoms with E-state index in [1.54, 1.807) is 0 Å². The minimum absolute atomic E-state index is 0.872. The van der Waals surface area contributed by atoms with E-state index in [2.05, 4.69) is 140 Å². The molecule has 6 aromatic carbocycles. The van der Waals surface area contributed by atoms with Crippen molar-refractivity contribution >= 4 is 50.0 Å².